The van der Waals surface area contributed by atoms with Crippen molar-refractivity contribution in [3.8, 4) is 0 Å². The largest absolute Gasteiger partial charge is 0.397 e. The second-order valence-corrected chi connectivity index (χ2v) is 5.18. The molecule has 0 aliphatic heterocycles. The summed E-state index contributed by atoms with van der Waals surface area (Å²) in [5, 5.41) is 4.24. The number of halogens is 1. The number of nitrogens with one attached hydrogen (secondary N) is 1. The highest BCUT2D eigenvalue weighted by molar-refractivity contribution is 6.31. The molecule has 88 valence electrons. The summed E-state index contributed by atoms with van der Waals surface area (Å²) in [7, 11) is 0. The van der Waals surface area contributed by atoms with Crippen LogP contribution in [0, 0.1) is 5.92 Å². The lowest BCUT2D eigenvalue weighted by Crippen LogP contribution is -2.30. The van der Waals surface area contributed by atoms with E-state index in [4.69, 9.17) is 17.3 Å². The predicted octanol–water partition coefficient (Wildman–Crippen LogP) is 3.91. The minimum atomic E-state index is 0.553. The van der Waals surface area contributed by atoms with Crippen molar-refractivity contribution < 1.29 is 0 Å². The average Bonchev–Trinajstić information content (AvgIpc) is 2.25. The Bertz CT molecular complexity index is 365. The number of nitrogen functional groups attached to an aromatic ring is 1. The van der Waals surface area contributed by atoms with Crippen LogP contribution < -0.4 is 11.1 Å². The maximum atomic E-state index is 5.94. The lowest BCUT2D eigenvalue weighted by atomic mass is 9.86. The Labute approximate surface area is 102 Å². The Kier molecular flexibility index (Phi) is 3.59. The fourth-order valence-corrected chi connectivity index (χ4v) is 2.58. The molecule has 16 heavy (non-hydrogen) atoms. The highest BCUT2D eigenvalue weighted by Crippen LogP contribution is 2.29. The minimum Gasteiger partial charge on any atom is -0.397 e. The number of rotatable bonds is 2. The van der Waals surface area contributed by atoms with E-state index in [1.165, 1.54) is 25.7 Å². The molecule has 1 saturated carbocycles. The van der Waals surface area contributed by atoms with Gasteiger partial charge in [0.1, 0.15) is 0 Å². The number of hydrogen-bond donors (Lipinski definition) is 2. The zero-order valence-electron chi connectivity index (χ0n) is 9.67. The SMILES string of the molecule is C[C@@H]1CCCC[C@@H]1Nc1ccc(Cl)cc1N. The molecular formula is C13H19ClN2. The monoisotopic (exact) mass is 238 g/mol. The van der Waals surface area contributed by atoms with Crippen LogP contribution in [0.5, 0.6) is 0 Å². The van der Waals surface area contributed by atoms with Gasteiger partial charge < -0.3 is 11.1 Å². The van der Waals surface area contributed by atoms with Gasteiger partial charge in [0.2, 0.25) is 0 Å². The summed E-state index contributed by atoms with van der Waals surface area (Å²) >= 11 is 5.88. The van der Waals surface area contributed by atoms with Gasteiger partial charge in [-0.25, -0.2) is 0 Å². The molecule has 0 radical (unpaired) electrons. The highest BCUT2D eigenvalue weighted by atomic mass is 35.5. The van der Waals surface area contributed by atoms with Gasteiger partial charge >= 0.3 is 0 Å². The van der Waals surface area contributed by atoms with Gasteiger partial charge in [-0.1, -0.05) is 31.4 Å². The molecule has 0 aromatic heterocycles. The molecule has 0 amide bonds. The second-order valence-electron chi connectivity index (χ2n) is 4.74. The van der Waals surface area contributed by atoms with Crippen LogP contribution in [-0.4, -0.2) is 6.04 Å². The van der Waals surface area contributed by atoms with Gasteiger partial charge in [0.15, 0.2) is 0 Å². The van der Waals surface area contributed by atoms with Crippen LogP contribution in [0.25, 0.3) is 0 Å². The van der Waals surface area contributed by atoms with Crippen LogP contribution in [0.2, 0.25) is 5.02 Å². The van der Waals surface area contributed by atoms with Crippen LogP contribution in [0.4, 0.5) is 11.4 Å². The van der Waals surface area contributed by atoms with Crippen molar-refractivity contribution in [1.29, 1.82) is 0 Å². The lowest BCUT2D eigenvalue weighted by Gasteiger charge is -2.30. The van der Waals surface area contributed by atoms with Gasteiger partial charge in [-0.15, -0.1) is 0 Å². The van der Waals surface area contributed by atoms with E-state index in [-0.39, 0.29) is 0 Å². The molecule has 0 heterocycles. The minimum absolute atomic E-state index is 0.553. The Balaban J connectivity index is 2.07. The van der Waals surface area contributed by atoms with Crippen molar-refractivity contribution in [2.75, 3.05) is 11.1 Å². The highest BCUT2D eigenvalue weighted by Gasteiger charge is 2.21. The third-order valence-corrected chi connectivity index (χ3v) is 3.70. The third kappa shape index (κ3) is 2.62. The van der Waals surface area contributed by atoms with Crippen molar-refractivity contribution in [2.24, 2.45) is 5.92 Å². The molecule has 0 bridgehead atoms. The Morgan fingerprint density at radius 3 is 2.75 bits per heavy atom. The number of benzene rings is 1. The molecular weight excluding hydrogens is 220 g/mol. The van der Waals surface area contributed by atoms with Crippen molar-refractivity contribution in [2.45, 2.75) is 38.6 Å². The number of hydrogen-bond acceptors (Lipinski definition) is 2. The average molecular weight is 239 g/mol. The van der Waals surface area contributed by atoms with Crippen LogP contribution >= 0.6 is 11.6 Å². The van der Waals surface area contributed by atoms with E-state index in [9.17, 15) is 0 Å². The summed E-state index contributed by atoms with van der Waals surface area (Å²) in [5.41, 5.74) is 7.69. The summed E-state index contributed by atoms with van der Waals surface area (Å²) in [5.74, 6) is 0.726. The van der Waals surface area contributed by atoms with E-state index in [1.54, 1.807) is 6.07 Å². The summed E-state index contributed by atoms with van der Waals surface area (Å²) in [4.78, 5) is 0. The summed E-state index contributed by atoms with van der Waals surface area (Å²) in [6, 6.07) is 6.21. The second kappa shape index (κ2) is 4.96. The summed E-state index contributed by atoms with van der Waals surface area (Å²) in [6.07, 6.45) is 5.22. The molecule has 1 aliphatic rings. The maximum Gasteiger partial charge on any atom is 0.0577 e. The molecule has 3 heteroatoms. The van der Waals surface area contributed by atoms with Gasteiger partial charge in [-0.05, 0) is 37.0 Å². The first-order chi connectivity index (χ1) is 7.66. The molecule has 0 spiro atoms. The Hall–Kier alpha value is -0.890. The Morgan fingerprint density at radius 2 is 2.06 bits per heavy atom. The fraction of sp³-hybridized carbons (Fsp3) is 0.538. The molecule has 0 saturated heterocycles. The molecule has 1 aromatic rings. The number of anilines is 2. The van der Waals surface area contributed by atoms with E-state index >= 15 is 0 Å². The Morgan fingerprint density at radius 1 is 1.31 bits per heavy atom. The third-order valence-electron chi connectivity index (χ3n) is 3.47. The quantitative estimate of drug-likeness (QED) is 0.767. The lowest BCUT2D eigenvalue weighted by molar-refractivity contribution is 0.349. The first-order valence-corrected chi connectivity index (χ1v) is 6.36. The van der Waals surface area contributed by atoms with E-state index < -0.39 is 0 Å². The topological polar surface area (TPSA) is 38.0 Å². The van der Waals surface area contributed by atoms with E-state index in [0.717, 1.165) is 17.3 Å². The molecule has 1 aromatic carbocycles. The van der Waals surface area contributed by atoms with Gasteiger partial charge in [0.25, 0.3) is 0 Å². The van der Waals surface area contributed by atoms with E-state index in [0.29, 0.717) is 11.1 Å². The van der Waals surface area contributed by atoms with Gasteiger partial charge in [0.05, 0.1) is 11.4 Å². The molecule has 2 rings (SSSR count). The predicted molar refractivity (Wildman–Crippen MR) is 70.9 cm³/mol. The standard InChI is InChI=1S/C13H19ClN2/c1-9-4-2-3-5-12(9)16-13-7-6-10(14)8-11(13)15/h6-9,12,16H,2-5,15H2,1H3/t9-,12+/m1/s1. The molecule has 3 N–H and O–H groups in total. The maximum absolute atomic E-state index is 5.94. The normalized spacial score (nSPS) is 25.4. The first kappa shape index (κ1) is 11.6. The van der Waals surface area contributed by atoms with Gasteiger partial charge in [-0.2, -0.15) is 0 Å². The first-order valence-electron chi connectivity index (χ1n) is 5.98. The van der Waals surface area contributed by atoms with E-state index in [2.05, 4.69) is 12.2 Å². The van der Waals surface area contributed by atoms with Crippen LogP contribution in [0.1, 0.15) is 32.6 Å². The van der Waals surface area contributed by atoms with Crippen molar-refractivity contribution in [3.05, 3.63) is 23.2 Å². The van der Waals surface area contributed by atoms with Gasteiger partial charge in [0, 0.05) is 11.1 Å². The smallest absolute Gasteiger partial charge is 0.0577 e. The van der Waals surface area contributed by atoms with Crippen molar-refractivity contribution in [1.82, 2.24) is 0 Å². The summed E-state index contributed by atoms with van der Waals surface area (Å²) < 4.78 is 0. The summed E-state index contributed by atoms with van der Waals surface area (Å²) in [6.45, 7) is 2.31. The molecule has 2 atom stereocenters. The van der Waals surface area contributed by atoms with Gasteiger partial charge in [-0.3, -0.25) is 0 Å². The molecule has 1 fully saturated rings. The molecule has 2 nitrogen and oxygen atoms in total. The number of nitrogens with two attached hydrogens (primary N) is 1. The van der Waals surface area contributed by atoms with Crippen LogP contribution in [0.3, 0.4) is 0 Å². The van der Waals surface area contributed by atoms with Crippen molar-refractivity contribution in [3.63, 3.8) is 0 Å². The molecule has 1 aliphatic carbocycles. The van der Waals surface area contributed by atoms with Crippen molar-refractivity contribution >= 4 is 23.0 Å². The fourth-order valence-electron chi connectivity index (χ4n) is 2.40. The zero-order valence-corrected chi connectivity index (χ0v) is 10.4. The van der Waals surface area contributed by atoms with Crippen LogP contribution in [-0.2, 0) is 0 Å². The van der Waals surface area contributed by atoms with E-state index in [1.807, 2.05) is 12.1 Å². The van der Waals surface area contributed by atoms with Crippen LogP contribution in [0.15, 0.2) is 18.2 Å². The molecule has 0 unspecified atom stereocenters. The zero-order chi connectivity index (χ0) is 11.5.